The summed E-state index contributed by atoms with van der Waals surface area (Å²) >= 11 is 1.47. The summed E-state index contributed by atoms with van der Waals surface area (Å²) in [6, 6.07) is 3.14. The topological polar surface area (TPSA) is 45.8 Å². The van der Waals surface area contributed by atoms with E-state index in [1.165, 1.54) is 17.8 Å². The summed E-state index contributed by atoms with van der Waals surface area (Å²) in [5.74, 6) is 0. The van der Waals surface area contributed by atoms with Crippen molar-refractivity contribution in [1.82, 2.24) is 10.2 Å². The van der Waals surface area contributed by atoms with Gasteiger partial charge in [0.15, 0.2) is 0 Å². The average Bonchev–Trinajstić information content (AvgIpc) is 2.04. The van der Waals surface area contributed by atoms with Crippen LogP contribution in [0.2, 0.25) is 0 Å². The van der Waals surface area contributed by atoms with Gasteiger partial charge < -0.3 is 0 Å². The molecule has 1 heterocycles. The third kappa shape index (κ3) is 2.59. The van der Waals surface area contributed by atoms with Crippen molar-refractivity contribution in [2.24, 2.45) is 0 Å². The second kappa shape index (κ2) is 3.98. The standard InChI is InChI=1S/C7H8N2OS/c1-2-5-11-7-4-3-6(10)8-9-7/h2-5H,1H3,(H,8,10)/b5-2+. The van der Waals surface area contributed by atoms with E-state index in [0.29, 0.717) is 0 Å². The monoisotopic (exact) mass is 168 g/mol. The van der Waals surface area contributed by atoms with Crippen molar-refractivity contribution < 1.29 is 0 Å². The number of thioether (sulfide) groups is 1. The number of allylic oxidation sites excluding steroid dienone is 1. The van der Waals surface area contributed by atoms with Crippen LogP contribution in [0.25, 0.3) is 0 Å². The summed E-state index contributed by atoms with van der Waals surface area (Å²) < 4.78 is 0. The first-order chi connectivity index (χ1) is 5.33. The highest BCUT2D eigenvalue weighted by atomic mass is 32.2. The van der Waals surface area contributed by atoms with Gasteiger partial charge in [0.25, 0.3) is 5.56 Å². The van der Waals surface area contributed by atoms with E-state index >= 15 is 0 Å². The number of rotatable bonds is 2. The molecule has 0 saturated carbocycles. The molecule has 0 fully saturated rings. The van der Waals surface area contributed by atoms with E-state index in [0.717, 1.165) is 5.03 Å². The highest BCUT2D eigenvalue weighted by molar-refractivity contribution is 8.02. The Kier molecular flexibility index (Phi) is 2.92. The molecule has 0 atom stereocenters. The second-order valence-electron chi connectivity index (χ2n) is 1.85. The Hall–Kier alpha value is -1.03. The summed E-state index contributed by atoms with van der Waals surface area (Å²) in [7, 11) is 0. The Morgan fingerprint density at radius 3 is 3.00 bits per heavy atom. The Bertz CT molecular complexity index is 285. The van der Waals surface area contributed by atoms with Crippen molar-refractivity contribution in [3.05, 3.63) is 34.0 Å². The molecule has 0 aliphatic heterocycles. The van der Waals surface area contributed by atoms with Crippen molar-refractivity contribution in [2.75, 3.05) is 0 Å². The molecule has 1 aromatic rings. The molecule has 0 aliphatic rings. The van der Waals surface area contributed by atoms with Crippen LogP contribution < -0.4 is 5.56 Å². The lowest BCUT2D eigenvalue weighted by Gasteiger charge is -1.90. The SMILES string of the molecule is C/C=C/Sc1ccc(=O)[nH]n1. The molecule has 0 spiro atoms. The van der Waals surface area contributed by atoms with Crippen molar-refractivity contribution in [3.8, 4) is 0 Å². The maximum atomic E-state index is 10.6. The van der Waals surface area contributed by atoms with Crippen LogP contribution in [0.4, 0.5) is 0 Å². The minimum absolute atomic E-state index is 0.171. The van der Waals surface area contributed by atoms with Crippen LogP contribution in [0.5, 0.6) is 0 Å². The van der Waals surface area contributed by atoms with Crippen LogP contribution in [0.1, 0.15) is 6.92 Å². The van der Waals surface area contributed by atoms with Gasteiger partial charge in [0.2, 0.25) is 0 Å². The lowest BCUT2D eigenvalue weighted by Crippen LogP contribution is -2.04. The van der Waals surface area contributed by atoms with Crippen LogP contribution >= 0.6 is 11.8 Å². The third-order valence-electron chi connectivity index (χ3n) is 0.978. The predicted molar refractivity (Wildman–Crippen MR) is 45.5 cm³/mol. The Morgan fingerprint density at radius 1 is 1.64 bits per heavy atom. The highest BCUT2D eigenvalue weighted by Gasteiger charge is 1.89. The van der Waals surface area contributed by atoms with Crippen molar-refractivity contribution in [2.45, 2.75) is 11.9 Å². The largest absolute Gasteiger partial charge is 0.268 e. The van der Waals surface area contributed by atoms with Gasteiger partial charge in [-0.15, -0.1) is 0 Å². The summed E-state index contributed by atoms with van der Waals surface area (Å²) in [5.41, 5.74) is -0.171. The van der Waals surface area contributed by atoms with Crippen LogP contribution in [0.15, 0.2) is 33.4 Å². The van der Waals surface area contributed by atoms with Gasteiger partial charge in [0, 0.05) is 6.07 Å². The molecule has 58 valence electrons. The molecule has 0 aliphatic carbocycles. The summed E-state index contributed by atoms with van der Waals surface area (Å²) in [6.07, 6.45) is 1.91. The van der Waals surface area contributed by atoms with Crippen molar-refractivity contribution >= 4 is 11.8 Å². The zero-order chi connectivity index (χ0) is 8.10. The predicted octanol–water partition coefficient (Wildman–Crippen LogP) is 1.40. The molecule has 0 bridgehead atoms. The molecule has 1 N–H and O–H groups in total. The number of hydrogen-bond donors (Lipinski definition) is 1. The van der Waals surface area contributed by atoms with E-state index in [-0.39, 0.29) is 5.56 Å². The second-order valence-corrected chi connectivity index (χ2v) is 2.77. The fourth-order valence-corrected chi connectivity index (χ4v) is 1.06. The third-order valence-corrected chi connectivity index (χ3v) is 1.86. The molecule has 4 heteroatoms. The van der Waals surface area contributed by atoms with Crippen molar-refractivity contribution in [3.63, 3.8) is 0 Å². The van der Waals surface area contributed by atoms with E-state index in [1.807, 2.05) is 18.4 Å². The number of aromatic amines is 1. The van der Waals surface area contributed by atoms with Crippen LogP contribution in [0.3, 0.4) is 0 Å². The molecule has 11 heavy (non-hydrogen) atoms. The lowest BCUT2D eigenvalue weighted by atomic mass is 10.6. The fourth-order valence-electron chi connectivity index (χ4n) is 0.535. The first kappa shape index (κ1) is 8.07. The quantitative estimate of drug-likeness (QED) is 0.679. The van der Waals surface area contributed by atoms with Gasteiger partial charge in [-0.3, -0.25) is 4.79 Å². The summed E-state index contributed by atoms with van der Waals surface area (Å²) in [6.45, 7) is 1.93. The Balaban J connectivity index is 2.74. The number of nitrogens with one attached hydrogen (secondary N) is 1. The van der Waals surface area contributed by atoms with Gasteiger partial charge >= 0.3 is 0 Å². The van der Waals surface area contributed by atoms with Crippen molar-refractivity contribution in [1.29, 1.82) is 0 Å². The number of nitrogens with zero attached hydrogens (tertiary/aromatic N) is 1. The number of hydrogen-bond acceptors (Lipinski definition) is 3. The Morgan fingerprint density at radius 2 is 2.45 bits per heavy atom. The molecular weight excluding hydrogens is 160 g/mol. The van der Waals surface area contributed by atoms with Gasteiger partial charge in [0.1, 0.15) is 5.03 Å². The number of H-pyrrole nitrogens is 1. The molecule has 3 nitrogen and oxygen atoms in total. The minimum atomic E-state index is -0.171. The average molecular weight is 168 g/mol. The molecule has 0 unspecified atom stereocenters. The van der Waals surface area contributed by atoms with E-state index in [4.69, 9.17) is 0 Å². The van der Waals surface area contributed by atoms with E-state index in [9.17, 15) is 4.79 Å². The maximum absolute atomic E-state index is 10.6. The fraction of sp³-hybridized carbons (Fsp3) is 0.143. The van der Waals surface area contributed by atoms with Gasteiger partial charge in [-0.1, -0.05) is 17.8 Å². The zero-order valence-electron chi connectivity index (χ0n) is 6.07. The molecule has 0 radical (unpaired) electrons. The summed E-state index contributed by atoms with van der Waals surface area (Å²) in [4.78, 5) is 10.6. The van der Waals surface area contributed by atoms with Crippen LogP contribution in [-0.4, -0.2) is 10.2 Å². The Labute approximate surface area is 68.5 Å². The van der Waals surface area contributed by atoms with E-state index in [1.54, 1.807) is 6.07 Å². The van der Waals surface area contributed by atoms with E-state index < -0.39 is 0 Å². The van der Waals surface area contributed by atoms with Gasteiger partial charge in [-0.05, 0) is 18.4 Å². The normalized spacial score (nSPS) is 10.6. The first-order valence-corrected chi connectivity index (χ1v) is 4.04. The van der Waals surface area contributed by atoms with Crippen LogP contribution in [-0.2, 0) is 0 Å². The number of aromatic nitrogens is 2. The molecule has 1 rings (SSSR count). The highest BCUT2D eigenvalue weighted by Crippen LogP contribution is 2.12. The minimum Gasteiger partial charge on any atom is -0.268 e. The maximum Gasteiger partial charge on any atom is 0.264 e. The smallest absolute Gasteiger partial charge is 0.264 e. The van der Waals surface area contributed by atoms with Gasteiger partial charge in [0.05, 0.1) is 0 Å². The molecular formula is C7H8N2OS. The first-order valence-electron chi connectivity index (χ1n) is 3.16. The van der Waals surface area contributed by atoms with Gasteiger partial charge in [-0.25, -0.2) is 5.10 Å². The van der Waals surface area contributed by atoms with E-state index in [2.05, 4.69) is 10.2 Å². The molecule has 0 saturated heterocycles. The molecule has 0 aromatic carbocycles. The van der Waals surface area contributed by atoms with Gasteiger partial charge in [-0.2, -0.15) is 5.10 Å². The zero-order valence-corrected chi connectivity index (χ0v) is 6.89. The summed E-state index contributed by atoms with van der Waals surface area (Å²) in [5, 5.41) is 8.84. The molecule has 1 aromatic heterocycles. The van der Waals surface area contributed by atoms with Crippen LogP contribution in [0, 0.1) is 0 Å². The molecule has 0 amide bonds. The lowest BCUT2D eigenvalue weighted by molar-refractivity contribution is 0.901.